The fourth-order valence-electron chi connectivity index (χ4n) is 1.41. The van der Waals surface area contributed by atoms with Gasteiger partial charge in [-0.25, -0.2) is 4.98 Å². The number of aliphatic hydroxyl groups is 1. The Labute approximate surface area is 99.1 Å². The Kier molecular flexibility index (Phi) is 4.39. The summed E-state index contributed by atoms with van der Waals surface area (Å²) in [5, 5.41) is 11.0. The van der Waals surface area contributed by atoms with Crippen molar-refractivity contribution in [1.82, 2.24) is 15.3 Å². The first kappa shape index (κ1) is 13.4. The maximum Gasteiger partial charge on any atom is 0.264 e. The van der Waals surface area contributed by atoms with E-state index in [1.807, 2.05) is 13.8 Å². The lowest BCUT2D eigenvalue weighted by molar-refractivity contribution is 0.0942. The molecule has 0 aliphatic rings. The second-order valence-electron chi connectivity index (χ2n) is 4.05. The quantitative estimate of drug-likeness (QED) is 0.685. The summed E-state index contributed by atoms with van der Waals surface area (Å²) < 4.78 is 0. The zero-order valence-electron chi connectivity index (χ0n) is 10.2. The Balaban J connectivity index is 3.10. The maximum atomic E-state index is 11.8. The number of carbonyl (C=O) groups is 1. The molecule has 94 valence electrons. The molecular formula is C11H17N3O3. The standard InChI is InChI=1S/C11H17N3O3/c1-6(2)9-13-7(3)8(11(17)14-9)10(16)12-4-5-15/h6,15H,4-5H2,1-3H3,(H,12,16)(H,13,14,17). The minimum absolute atomic E-state index is 0.00264. The number of rotatable bonds is 4. The fraction of sp³-hybridized carbons (Fsp3) is 0.545. The van der Waals surface area contributed by atoms with E-state index in [2.05, 4.69) is 15.3 Å². The number of hydrogen-bond acceptors (Lipinski definition) is 4. The Hall–Kier alpha value is -1.69. The lowest BCUT2D eigenvalue weighted by Gasteiger charge is -2.09. The summed E-state index contributed by atoms with van der Waals surface area (Å²) in [6.07, 6.45) is 0. The molecule has 6 heteroatoms. The van der Waals surface area contributed by atoms with Gasteiger partial charge in [-0.3, -0.25) is 9.59 Å². The van der Waals surface area contributed by atoms with Crippen molar-refractivity contribution in [3.63, 3.8) is 0 Å². The van der Waals surface area contributed by atoms with Crippen molar-refractivity contribution >= 4 is 5.91 Å². The predicted molar refractivity (Wildman–Crippen MR) is 63.1 cm³/mol. The number of hydrogen-bond donors (Lipinski definition) is 3. The first-order valence-corrected chi connectivity index (χ1v) is 5.47. The van der Waals surface area contributed by atoms with Gasteiger partial charge in [0, 0.05) is 12.5 Å². The molecule has 0 atom stereocenters. The van der Waals surface area contributed by atoms with Crippen molar-refractivity contribution < 1.29 is 9.90 Å². The molecule has 0 radical (unpaired) electrons. The van der Waals surface area contributed by atoms with E-state index in [9.17, 15) is 9.59 Å². The first-order valence-electron chi connectivity index (χ1n) is 5.47. The number of nitrogens with one attached hydrogen (secondary N) is 2. The zero-order valence-corrected chi connectivity index (χ0v) is 10.2. The molecule has 0 unspecified atom stereocenters. The second-order valence-corrected chi connectivity index (χ2v) is 4.05. The van der Waals surface area contributed by atoms with Gasteiger partial charge >= 0.3 is 0 Å². The summed E-state index contributed by atoms with van der Waals surface area (Å²) in [7, 11) is 0. The first-order chi connectivity index (χ1) is 7.97. The summed E-state index contributed by atoms with van der Waals surface area (Å²) in [6, 6.07) is 0. The predicted octanol–water partition coefficient (Wildman–Crippen LogP) is -0.0762. The number of carbonyl (C=O) groups excluding carboxylic acids is 1. The van der Waals surface area contributed by atoms with E-state index in [-0.39, 0.29) is 24.6 Å². The minimum Gasteiger partial charge on any atom is -0.395 e. The number of aromatic nitrogens is 2. The second kappa shape index (κ2) is 5.58. The van der Waals surface area contributed by atoms with E-state index in [0.717, 1.165) is 0 Å². The molecular weight excluding hydrogens is 222 g/mol. The van der Waals surface area contributed by atoms with E-state index in [4.69, 9.17) is 5.11 Å². The maximum absolute atomic E-state index is 11.8. The Morgan fingerprint density at radius 2 is 2.18 bits per heavy atom. The molecule has 6 nitrogen and oxygen atoms in total. The monoisotopic (exact) mass is 239 g/mol. The number of aromatic amines is 1. The third kappa shape index (κ3) is 3.13. The number of H-pyrrole nitrogens is 1. The zero-order chi connectivity index (χ0) is 13.0. The van der Waals surface area contributed by atoms with Gasteiger partial charge in [-0.15, -0.1) is 0 Å². The van der Waals surface area contributed by atoms with Gasteiger partial charge in [0.1, 0.15) is 11.4 Å². The molecule has 1 aromatic rings. The molecule has 17 heavy (non-hydrogen) atoms. The molecule has 1 aromatic heterocycles. The number of aliphatic hydroxyl groups excluding tert-OH is 1. The SMILES string of the molecule is Cc1nc(C(C)C)[nH]c(=O)c1C(=O)NCCO. The molecule has 1 heterocycles. The van der Waals surface area contributed by atoms with Crippen molar-refractivity contribution in [3.8, 4) is 0 Å². The normalized spacial score (nSPS) is 10.6. The molecule has 0 spiro atoms. The van der Waals surface area contributed by atoms with Crippen LogP contribution in [-0.2, 0) is 0 Å². The highest BCUT2D eigenvalue weighted by Crippen LogP contribution is 2.08. The number of amides is 1. The molecule has 1 amide bonds. The lowest BCUT2D eigenvalue weighted by atomic mass is 10.1. The molecule has 3 N–H and O–H groups in total. The number of aryl methyl sites for hydroxylation is 1. The van der Waals surface area contributed by atoms with Crippen LogP contribution in [0, 0.1) is 6.92 Å². The Morgan fingerprint density at radius 1 is 1.53 bits per heavy atom. The van der Waals surface area contributed by atoms with Crippen LogP contribution in [0.4, 0.5) is 0 Å². The smallest absolute Gasteiger partial charge is 0.264 e. The summed E-state index contributed by atoms with van der Waals surface area (Å²) >= 11 is 0. The molecule has 0 aliphatic carbocycles. The highest BCUT2D eigenvalue weighted by atomic mass is 16.3. The van der Waals surface area contributed by atoms with Crippen LogP contribution in [0.5, 0.6) is 0 Å². The van der Waals surface area contributed by atoms with Gasteiger partial charge in [-0.05, 0) is 6.92 Å². The molecule has 0 aromatic carbocycles. The van der Waals surface area contributed by atoms with Gasteiger partial charge < -0.3 is 15.4 Å². The Morgan fingerprint density at radius 3 is 2.65 bits per heavy atom. The molecule has 0 aliphatic heterocycles. The third-order valence-electron chi connectivity index (χ3n) is 2.29. The fourth-order valence-corrected chi connectivity index (χ4v) is 1.41. The van der Waals surface area contributed by atoms with E-state index in [0.29, 0.717) is 11.5 Å². The van der Waals surface area contributed by atoms with Crippen LogP contribution in [0.1, 0.15) is 41.6 Å². The van der Waals surface area contributed by atoms with Gasteiger partial charge in [0.25, 0.3) is 11.5 Å². The lowest BCUT2D eigenvalue weighted by Crippen LogP contribution is -2.33. The van der Waals surface area contributed by atoms with Crippen LogP contribution in [0.15, 0.2) is 4.79 Å². The van der Waals surface area contributed by atoms with Crippen molar-refractivity contribution in [2.24, 2.45) is 0 Å². The van der Waals surface area contributed by atoms with Crippen LogP contribution in [0.25, 0.3) is 0 Å². The van der Waals surface area contributed by atoms with Gasteiger partial charge in [0.05, 0.1) is 12.3 Å². The average molecular weight is 239 g/mol. The molecule has 0 fully saturated rings. The van der Waals surface area contributed by atoms with E-state index in [1.54, 1.807) is 6.92 Å². The van der Waals surface area contributed by atoms with E-state index < -0.39 is 11.5 Å². The van der Waals surface area contributed by atoms with Gasteiger partial charge in [-0.1, -0.05) is 13.8 Å². The van der Waals surface area contributed by atoms with Gasteiger partial charge in [0.2, 0.25) is 0 Å². The van der Waals surface area contributed by atoms with E-state index in [1.165, 1.54) is 0 Å². The average Bonchev–Trinajstić information content (AvgIpc) is 2.25. The van der Waals surface area contributed by atoms with Crippen molar-refractivity contribution in [2.75, 3.05) is 13.2 Å². The molecule has 0 bridgehead atoms. The highest BCUT2D eigenvalue weighted by molar-refractivity contribution is 5.94. The highest BCUT2D eigenvalue weighted by Gasteiger charge is 2.16. The van der Waals surface area contributed by atoms with Gasteiger partial charge in [0.15, 0.2) is 0 Å². The van der Waals surface area contributed by atoms with Crippen molar-refractivity contribution in [1.29, 1.82) is 0 Å². The van der Waals surface area contributed by atoms with Gasteiger partial charge in [-0.2, -0.15) is 0 Å². The van der Waals surface area contributed by atoms with Crippen LogP contribution in [0.3, 0.4) is 0 Å². The van der Waals surface area contributed by atoms with Crippen LogP contribution in [-0.4, -0.2) is 34.1 Å². The van der Waals surface area contributed by atoms with Crippen molar-refractivity contribution in [3.05, 3.63) is 27.4 Å². The largest absolute Gasteiger partial charge is 0.395 e. The molecule has 0 saturated heterocycles. The van der Waals surface area contributed by atoms with Crippen LogP contribution < -0.4 is 10.9 Å². The van der Waals surface area contributed by atoms with Crippen LogP contribution >= 0.6 is 0 Å². The minimum atomic E-state index is -0.513. The summed E-state index contributed by atoms with van der Waals surface area (Å²) in [6.45, 7) is 5.38. The Bertz CT molecular complexity index is 466. The summed E-state index contributed by atoms with van der Waals surface area (Å²) in [5.41, 5.74) is -0.0487. The van der Waals surface area contributed by atoms with Crippen LogP contribution in [0.2, 0.25) is 0 Å². The number of nitrogens with zero attached hydrogens (tertiary/aromatic N) is 1. The molecule has 0 saturated carbocycles. The molecule has 1 rings (SSSR count). The topological polar surface area (TPSA) is 95.1 Å². The summed E-state index contributed by atoms with van der Waals surface area (Å²) in [4.78, 5) is 30.2. The third-order valence-corrected chi connectivity index (χ3v) is 2.29. The van der Waals surface area contributed by atoms with E-state index >= 15 is 0 Å². The van der Waals surface area contributed by atoms with Crippen molar-refractivity contribution in [2.45, 2.75) is 26.7 Å². The summed E-state index contributed by atoms with van der Waals surface area (Å²) in [5.74, 6) is 0.141.